The van der Waals surface area contributed by atoms with E-state index >= 15 is 0 Å². The van der Waals surface area contributed by atoms with Crippen molar-refractivity contribution in [2.45, 2.75) is 26.8 Å². The van der Waals surface area contributed by atoms with Gasteiger partial charge < -0.3 is 5.32 Å². The number of hydrogen-bond acceptors (Lipinski definition) is 3. The first-order valence-corrected chi connectivity index (χ1v) is 6.81. The van der Waals surface area contributed by atoms with Crippen molar-refractivity contribution >= 4 is 17.0 Å². The van der Waals surface area contributed by atoms with Gasteiger partial charge in [-0.25, -0.2) is 0 Å². The van der Waals surface area contributed by atoms with Gasteiger partial charge in [-0.15, -0.1) is 11.3 Å². The zero-order chi connectivity index (χ0) is 13.1. The Morgan fingerprint density at radius 3 is 2.61 bits per heavy atom. The van der Waals surface area contributed by atoms with E-state index in [-0.39, 0.29) is 6.04 Å². The molecule has 1 unspecified atom stereocenters. The Morgan fingerprint density at radius 1 is 1.22 bits per heavy atom. The molecule has 0 bridgehead atoms. The van der Waals surface area contributed by atoms with Gasteiger partial charge in [0.2, 0.25) is 0 Å². The number of rotatable bonds is 3. The summed E-state index contributed by atoms with van der Waals surface area (Å²) in [5.41, 5.74) is 3.96. The second-order valence-electron chi connectivity index (χ2n) is 4.44. The van der Waals surface area contributed by atoms with Gasteiger partial charge in [0.25, 0.3) is 0 Å². The minimum atomic E-state index is 0.221. The third kappa shape index (κ3) is 2.39. The number of nitrogens with zero attached hydrogens (tertiary/aromatic N) is 1. The maximum absolute atomic E-state index is 9.21. The number of aryl methyl sites for hydroxylation is 2. The maximum atomic E-state index is 9.21. The molecular formula is C15H16N2S. The quantitative estimate of drug-likeness (QED) is 0.883. The number of anilines is 1. The average Bonchev–Trinajstić information content (AvgIpc) is 2.76. The minimum absolute atomic E-state index is 0.221. The van der Waals surface area contributed by atoms with Crippen molar-refractivity contribution in [3.63, 3.8) is 0 Å². The average molecular weight is 256 g/mol. The number of nitriles is 1. The van der Waals surface area contributed by atoms with E-state index in [1.54, 1.807) is 11.3 Å². The van der Waals surface area contributed by atoms with Crippen LogP contribution in [-0.2, 0) is 0 Å². The summed E-state index contributed by atoms with van der Waals surface area (Å²) in [5, 5.41) is 14.7. The van der Waals surface area contributed by atoms with E-state index in [2.05, 4.69) is 36.7 Å². The highest BCUT2D eigenvalue weighted by atomic mass is 32.1. The third-order valence-electron chi connectivity index (χ3n) is 3.05. The molecule has 1 aromatic heterocycles. The van der Waals surface area contributed by atoms with Crippen molar-refractivity contribution in [1.82, 2.24) is 0 Å². The Labute approximate surface area is 112 Å². The smallest absolute Gasteiger partial charge is 0.102 e. The molecule has 18 heavy (non-hydrogen) atoms. The van der Waals surface area contributed by atoms with Crippen LogP contribution >= 0.6 is 11.3 Å². The molecule has 0 aliphatic rings. The maximum Gasteiger partial charge on any atom is 0.102 e. The highest BCUT2D eigenvalue weighted by Crippen LogP contribution is 2.28. The molecule has 0 aliphatic heterocycles. The van der Waals surface area contributed by atoms with E-state index in [9.17, 15) is 5.26 Å². The fraction of sp³-hybridized carbons (Fsp3) is 0.267. The molecule has 1 heterocycles. The van der Waals surface area contributed by atoms with E-state index in [0.717, 1.165) is 16.8 Å². The van der Waals surface area contributed by atoms with Crippen molar-refractivity contribution in [3.05, 3.63) is 51.2 Å². The summed E-state index contributed by atoms with van der Waals surface area (Å²) < 4.78 is 0. The highest BCUT2D eigenvalue weighted by Gasteiger charge is 2.12. The Bertz CT molecular complexity index is 593. The van der Waals surface area contributed by atoms with Crippen molar-refractivity contribution < 1.29 is 0 Å². The second kappa shape index (κ2) is 5.24. The first-order chi connectivity index (χ1) is 8.63. The van der Waals surface area contributed by atoms with Crippen LogP contribution < -0.4 is 5.32 Å². The van der Waals surface area contributed by atoms with Gasteiger partial charge in [-0.3, -0.25) is 0 Å². The van der Waals surface area contributed by atoms with Crippen LogP contribution in [0.4, 0.5) is 5.69 Å². The number of hydrogen-bond donors (Lipinski definition) is 1. The summed E-state index contributed by atoms with van der Waals surface area (Å²) in [4.78, 5) is 1.32. The molecule has 1 atom stereocenters. The fourth-order valence-corrected chi connectivity index (χ4v) is 3.00. The number of nitrogens with one attached hydrogen (secondary N) is 1. The van der Waals surface area contributed by atoms with E-state index in [0.29, 0.717) is 0 Å². The topological polar surface area (TPSA) is 35.8 Å². The van der Waals surface area contributed by atoms with Gasteiger partial charge in [-0.1, -0.05) is 12.1 Å². The van der Waals surface area contributed by atoms with Crippen molar-refractivity contribution in [2.24, 2.45) is 0 Å². The predicted octanol–water partition coefficient (Wildman–Crippen LogP) is 4.41. The summed E-state index contributed by atoms with van der Waals surface area (Å²) in [6.07, 6.45) is 0. The van der Waals surface area contributed by atoms with E-state index in [4.69, 9.17) is 0 Å². The van der Waals surface area contributed by atoms with Gasteiger partial charge in [-0.2, -0.15) is 5.26 Å². The summed E-state index contributed by atoms with van der Waals surface area (Å²) in [5.74, 6) is 0. The van der Waals surface area contributed by atoms with Crippen molar-refractivity contribution in [1.29, 1.82) is 5.26 Å². The Kier molecular flexibility index (Phi) is 3.69. The summed E-state index contributed by atoms with van der Waals surface area (Å²) in [6.45, 7) is 6.21. The Balaban J connectivity index is 2.28. The van der Waals surface area contributed by atoms with Gasteiger partial charge in [0, 0.05) is 4.88 Å². The molecular weight excluding hydrogens is 240 g/mol. The van der Waals surface area contributed by atoms with E-state index < -0.39 is 0 Å². The van der Waals surface area contributed by atoms with Crippen LogP contribution in [-0.4, -0.2) is 0 Å². The van der Waals surface area contributed by atoms with Gasteiger partial charge in [0.1, 0.15) is 6.07 Å². The van der Waals surface area contributed by atoms with Crippen LogP contribution in [0, 0.1) is 25.2 Å². The lowest BCUT2D eigenvalue weighted by atomic mass is 10.1. The van der Waals surface area contributed by atoms with Gasteiger partial charge in [0.15, 0.2) is 0 Å². The van der Waals surface area contributed by atoms with Crippen LogP contribution in [0.2, 0.25) is 0 Å². The zero-order valence-corrected chi connectivity index (χ0v) is 11.6. The molecule has 0 aliphatic carbocycles. The standard InChI is InChI=1S/C15H16N2S/c1-10-5-4-6-14(13(10)9-16)17-12(3)15-11(2)7-8-18-15/h4-8,12,17H,1-3H3. The molecule has 2 rings (SSSR count). The lowest BCUT2D eigenvalue weighted by Gasteiger charge is -2.16. The molecule has 3 heteroatoms. The molecule has 2 aromatic rings. The number of benzene rings is 1. The van der Waals surface area contributed by atoms with Crippen LogP contribution in [0.25, 0.3) is 0 Å². The molecule has 1 aromatic carbocycles. The molecule has 0 saturated heterocycles. The summed E-state index contributed by atoms with van der Waals surface area (Å²) >= 11 is 1.75. The zero-order valence-electron chi connectivity index (χ0n) is 10.8. The Hall–Kier alpha value is -1.79. The first kappa shape index (κ1) is 12.7. The van der Waals surface area contributed by atoms with Crippen molar-refractivity contribution in [3.8, 4) is 6.07 Å². The van der Waals surface area contributed by atoms with Gasteiger partial charge >= 0.3 is 0 Å². The molecule has 0 fully saturated rings. The largest absolute Gasteiger partial charge is 0.377 e. The van der Waals surface area contributed by atoms with E-state index in [1.165, 1.54) is 10.4 Å². The van der Waals surface area contributed by atoms with Gasteiger partial charge in [0.05, 0.1) is 17.3 Å². The number of thiophene rings is 1. The minimum Gasteiger partial charge on any atom is -0.377 e. The van der Waals surface area contributed by atoms with Crippen LogP contribution in [0.5, 0.6) is 0 Å². The first-order valence-electron chi connectivity index (χ1n) is 5.93. The lowest BCUT2D eigenvalue weighted by Crippen LogP contribution is -2.07. The van der Waals surface area contributed by atoms with Crippen molar-refractivity contribution in [2.75, 3.05) is 5.32 Å². The highest BCUT2D eigenvalue weighted by molar-refractivity contribution is 7.10. The molecule has 0 amide bonds. The van der Waals surface area contributed by atoms with Crippen LogP contribution in [0.15, 0.2) is 29.6 Å². The van der Waals surface area contributed by atoms with Crippen LogP contribution in [0.3, 0.4) is 0 Å². The summed E-state index contributed by atoms with van der Waals surface area (Å²) in [6, 6.07) is 10.5. The summed E-state index contributed by atoms with van der Waals surface area (Å²) in [7, 11) is 0. The molecule has 2 nitrogen and oxygen atoms in total. The fourth-order valence-electron chi connectivity index (χ4n) is 2.06. The second-order valence-corrected chi connectivity index (χ2v) is 5.39. The monoisotopic (exact) mass is 256 g/mol. The molecule has 0 radical (unpaired) electrons. The van der Waals surface area contributed by atoms with Crippen LogP contribution in [0.1, 0.15) is 34.5 Å². The predicted molar refractivity (Wildman–Crippen MR) is 77.0 cm³/mol. The molecule has 0 spiro atoms. The third-order valence-corrected chi connectivity index (χ3v) is 4.25. The molecule has 1 N–H and O–H groups in total. The Morgan fingerprint density at radius 2 is 2.00 bits per heavy atom. The lowest BCUT2D eigenvalue weighted by molar-refractivity contribution is 0.898. The van der Waals surface area contributed by atoms with Gasteiger partial charge in [-0.05, 0) is 49.4 Å². The van der Waals surface area contributed by atoms with E-state index in [1.807, 2.05) is 25.1 Å². The molecule has 0 saturated carbocycles. The molecule has 92 valence electrons. The normalized spacial score (nSPS) is 11.9. The SMILES string of the molecule is Cc1ccsc1C(C)Nc1cccc(C)c1C#N.